The van der Waals surface area contributed by atoms with Crippen molar-refractivity contribution in [3.05, 3.63) is 140 Å². The van der Waals surface area contributed by atoms with Gasteiger partial charge < -0.3 is 83.9 Å². The van der Waals surface area contributed by atoms with Crippen molar-refractivity contribution in [2.24, 2.45) is 21.7 Å². The number of aliphatic carboxylic acids is 3. The Bertz CT molecular complexity index is 4620. The molecule has 4 amide bonds. The van der Waals surface area contributed by atoms with Crippen molar-refractivity contribution < 1.29 is 86.8 Å². The number of amides is 4. The van der Waals surface area contributed by atoms with Gasteiger partial charge in [-0.2, -0.15) is 10.2 Å². The van der Waals surface area contributed by atoms with Gasteiger partial charge in [0, 0.05) is 204 Å². The van der Waals surface area contributed by atoms with Crippen LogP contribution in [-0.4, -0.2) is 426 Å². The van der Waals surface area contributed by atoms with Crippen molar-refractivity contribution in [3.63, 3.8) is 0 Å². The lowest BCUT2D eigenvalue weighted by atomic mass is 9.34. The summed E-state index contributed by atoms with van der Waals surface area (Å²) in [5.74, 6) is -3.76. The third-order valence-corrected chi connectivity index (χ3v) is 27.6. The number of nitrogens with zero attached hydrogens (tertiary/aromatic N) is 15. The van der Waals surface area contributed by atoms with Gasteiger partial charge in [0.15, 0.2) is 11.3 Å². The molecule has 6 aromatic rings. The number of rotatable bonds is 58. The summed E-state index contributed by atoms with van der Waals surface area (Å²) in [4.78, 5) is 118. The van der Waals surface area contributed by atoms with Crippen LogP contribution in [0.4, 0.5) is 0 Å². The molecular weight excluding hydrogens is 1740 g/mol. The number of nitrogens with one attached hydrogen (secondary N) is 3. The molecule has 36 heteroatoms. The predicted molar refractivity (Wildman–Crippen MR) is 514 cm³/mol. The summed E-state index contributed by atoms with van der Waals surface area (Å²) >= 11 is 0. The summed E-state index contributed by atoms with van der Waals surface area (Å²) in [7, 11) is 0. The molecule has 0 unspecified atom stereocenters. The van der Waals surface area contributed by atoms with Crippen LogP contribution < -0.4 is 16.0 Å². The fourth-order valence-corrected chi connectivity index (χ4v) is 20.8. The first-order valence-corrected chi connectivity index (χ1v) is 49.2. The Kier molecular flexibility index (Phi) is 39.6. The number of aryl methyl sites for hydroxylation is 6. The van der Waals surface area contributed by atoms with Crippen LogP contribution in [-0.2, 0) is 97.1 Å². The van der Waals surface area contributed by atoms with Crippen molar-refractivity contribution in [2.75, 3.05) is 296 Å². The number of carbonyl (C=O) groups is 7. The second-order valence-electron chi connectivity index (χ2n) is 38.4. The highest BCUT2D eigenvalue weighted by atomic mass is 16.6. The molecule has 36 nitrogen and oxygen atoms in total. The minimum absolute atomic E-state index is 0.138. The highest BCUT2D eigenvalue weighted by Gasteiger charge is 2.72. The zero-order valence-corrected chi connectivity index (χ0v) is 81.1. The van der Waals surface area contributed by atoms with Crippen molar-refractivity contribution in [1.29, 1.82) is 0 Å². The lowest BCUT2D eigenvalue weighted by Crippen LogP contribution is -2.71. The number of carboxylic acid groups (broad SMARTS) is 3. The zero-order chi connectivity index (χ0) is 95.9. The van der Waals surface area contributed by atoms with E-state index >= 15 is 0 Å². The van der Waals surface area contributed by atoms with Gasteiger partial charge in [-0.15, -0.1) is 0 Å². The fourth-order valence-electron chi connectivity index (χ4n) is 20.8. The number of piperazine rings is 2. The Labute approximate surface area is 800 Å². The van der Waals surface area contributed by atoms with E-state index in [1.54, 1.807) is 24.5 Å². The molecule has 746 valence electrons. The van der Waals surface area contributed by atoms with E-state index in [2.05, 4.69) is 148 Å². The molecule has 0 atom stereocenters. The molecule has 0 radical (unpaired) electrons. The van der Waals surface area contributed by atoms with Crippen LogP contribution in [0.25, 0.3) is 23.4 Å². The van der Waals surface area contributed by atoms with Gasteiger partial charge in [0.25, 0.3) is 0 Å². The van der Waals surface area contributed by atoms with Gasteiger partial charge in [0.05, 0.1) is 161 Å². The molecular formula is C100H148N18O18. The molecule has 3 saturated heterocycles. The Hall–Kier alpha value is -9.19. The second kappa shape index (κ2) is 51.6. The minimum atomic E-state index is -1.06. The molecule has 6 saturated carbocycles. The van der Waals surface area contributed by atoms with E-state index in [9.17, 15) is 48.9 Å². The normalized spacial score (nSPS) is 21.2. The first kappa shape index (κ1) is 104. The van der Waals surface area contributed by atoms with Gasteiger partial charge in [0.2, 0.25) is 23.6 Å². The summed E-state index contributed by atoms with van der Waals surface area (Å²) in [6.07, 6.45) is 18.1. The Morgan fingerprint density at radius 3 is 1.04 bits per heavy atom. The summed E-state index contributed by atoms with van der Waals surface area (Å²) in [6, 6.07) is 21.8. The van der Waals surface area contributed by atoms with Crippen molar-refractivity contribution in [1.82, 2.24) is 89.2 Å². The van der Waals surface area contributed by atoms with E-state index in [1.165, 1.54) is 33.4 Å². The van der Waals surface area contributed by atoms with Crippen LogP contribution in [0.15, 0.2) is 72.8 Å². The molecule has 4 aromatic heterocycles. The number of carboxylic acids is 3. The van der Waals surface area contributed by atoms with E-state index in [1.807, 2.05) is 22.9 Å². The van der Waals surface area contributed by atoms with Crippen LogP contribution >= 0.6 is 0 Å². The molecule has 0 spiro atoms. The number of hydrogen-bond donors (Lipinski definition) is 6. The maximum Gasteiger partial charge on any atom is 0.317 e. The smallest absolute Gasteiger partial charge is 0.317 e. The largest absolute Gasteiger partial charge is 0.480 e. The Morgan fingerprint density at radius 1 is 0.397 bits per heavy atom. The van der Waals surface area contributed by atoms with E-state index in [4.69, 9.17) is 58.1 Å². The predicted octanol–water partition coefficient (Wildman–Crippen LogP) is 4.40. The van der Waals surface area contributed by atoms with E-state index in [0.29, 0.717) is 79.2 Å². The highest BCUT2D eigenvalue weighted by molar-refractivity contribution is 5.87. The topological polar surface area (TPSA) is 380 Å². The molecule has 136 heavy (non-hydrogen) atoms. The average Bonchev–Trinajstić information content (AvgIpc) is 0.748. The van der Waals surface area contributed by atoms with E-state index in [0.717, 1.165) is 188 Å². The van der Waals surface area contributed by atoms with E-state index < -0.39 is 23.8 Å². The molecule has 9 aliphatic rings. The molecule has 6 aliphatic carbocycles. The van der Waals surface area contributed by atoms with Crippen LogP contribution in [0, 0.1) is 49.4 Å². The average molecular weight is 1890 g/mol. The highest BCUT2D eigenvalue weighted by Crippen LogP contribution is 2.74. The number of benzene rings is 2. The Balaban J connectivity index is 0.443. The first-order chi connectivity index (χ1) is 65.8. The fraction of sp³-hybridized carbons (Fsp3) is 0.650. The minimum Gasteiger partial charge on any atom is -0.480 e. The van der Waals surface area contributed by atoms with Gasteiger partial charge in [-0.05, 0) is 124 Å². The maximum atomic E-state index is 13.9. The Morgan fingerprint density at radius 2 is 0.706 bits per heavy atom. The number of aromatic nitrogens is 6. The van der Waals surface area contributed by atoms with E-state index in [-0.39, 0.29) is 177 Å². The quantitative estimate of drug-likeness (QED) is 0.0288. The number of ether oxygens (including phenoxy) is 8. The van der Waals surface area contributed by atoms with Gasteiger partial charge in [0.1, 0.15) is 0 Å². The van der Waals surface area contributed by atoms with Crippen LogP contribution in [0.1, 0.15) is 120 Å². The molecule has 15 rings (SSSR count). The molecule has 4 bridgehead atoms. The summed E-state index contributed by atoms with van der Waals surface area (Å²) in [5, 5.41) is 47.7. The van der Waals surface area contributed by atoms with Crippen LogP contribution in [0.2, 0.25) is 0 Å². The molecule has 3 aliphatic heterocycles. The summed E-state index contributed by atoms with van der Waals surface area (Å²) in [6.45, 7) is 31.5. The number of hydrogen-bond acceptors (Lipinski definition) is 27. The van der Waals surface area contributed by atoms with Crippen molar-refractivity contribution >= 4 is 65.0 Å². The van der Waals surface area contributed by atoms with Gasteiger partial charge in [-0.3, -0.25) is 63.0 Å². The number of carbonyl (C=O) groups excluding carboxylic acids is 4. The van der Waals surface area contributed by atoms with Gasteiger partial charge in [-0.1, -0.05) is 86.7 Å². The van der Waals surface area contributed by atoms with Crippen LogP contribution in [0.3, 0.4) is 0 Å². The molecule has 2 aromatic carbocycles. The van der Waals surface area contributed by atoms with Crippen molar-refractivity contribution in [3.8, 4) is 0 Å². The maximum absolute atomic E-state index is 13.9. The lowest BCUT2D eigenvalue weighted by molar-refractivity contribution is -0.214. The SMILES string of the molecule is CCc1nn2c(C)cc(C)nc2c1Cc1ccc(/C=C/CN2CCN(CC34CC(C(=O)NCCOCCOCCOCCOCCN(CCOCCOCCOCCOCCNC(=O)C56CC(CN7CCN(C/C=C/c8ccc(Cc9c(CC)nn%10c(C)cc(C)nc9%10)cc8)CC7)(C5)C6)C(=O)CNC(=O)CN5CCN(CC(=O)O)CCN(CC(=O)O)CCN(CC(=O)O)CC5)(C3)C4)CC2)cc1. The summed E-state index contributed by atoms with van der Waals surface area (Å²) < 4.78 is 50.2. The van der Waals surface area contributed by atoms with Gasteiger partial charge >= 0.3 is 17.9 Å². The second-order valence-corrected chi connectivity index (χ2v) is 38.4. The molecule has 6 N–H and O–H groups in total. The molecule has 9 fully saturated rings. The summed E-state index contributed by atoms with van der Waals surface area (Å²) in [5.41, 5.74) is 15.7. The first-order valence-electron chi connectivity index (χ1n) is 49.2. The number of fused-ring (bicyclic) bond motifs is 2. The standard InChI is InChI=1S/C100H148N18O18/c1-7-86-84(93-104-76(3)59-78(5)117(93)106-86)61-82-17-13-80(14-18-82)11-9-23-108-25-37-114(38-26-108)74-97-68-99(69-97,70-97)95(127)101-21-43-129-47-51-133-55-57-135-53-49-131-45-41-116(89(120)63-103-88(119)64-110-29-31-111(65-90(121)122)33-35-113(67-92(125)126)36-34-112(32-30-110)66-91(123)124)42-46-132-50-54-136-58-56-134-52-48-130-44-22-102-96(128)100-71-98(72-100,73-100)75-115-39-27-109(28-40-115)24-10-12-81-15-19-83(20-16-81)62-85-87(8-2)107-118-79(6)60-77(4)105-94(85)118/h9-20,59-60H,7-8,21-58,61-75H2,1-6H3,(H,101,127)(H,102,128)(H,103,119)(H,121,122)(H,123,124)(H,125,126)/b11-9+,12-10+. The van der Waals surface area contributed by atoms with Crippen LogP contribution in [0.5, 0.6) is 0 Å². The zero-order valence-electron chi connectivity index (χ0n) is 81.1. The van der Waals surface area contributed by atoms with Gasteiger partial charge in [-0.25, -0.2) is 19.0 Å². The lowest BCUT2D eigenvalue weighted by Gasteiger charge is -2.70. The molecule has 7 heterocycles. The van der Waals surface area contributed by atoms with Crippen molar-refractivity contribution in [2.45, 2.75) is 106 Å². The third-order valence-electron chi connectivity index (χ3n) is 27.6. The third kappa shape index (κ3) is 30.7. The monoisotopic (exact) mass is 1890 g/mol.